The number of likely N-dealkylation sites (tertiary alicyclic amines) is 1. The van der Waals surface area contributed by atoms with Gasteiger partial charge in [0, 0.05) is 49.5 Å². The highest BCUT2D eigenvalue weighted by Gasteiger charge is 2.56. The predicted octanol–water partition coefficient (Wildman–Crippen LogP) is 1.65. The number of aliphatic hydroxyl groups excluding tert-OH is 1. The van der Waals surface area contributed by atoms with Gasteiger partial charge in [-0.2, -0.15) is 0 Å². The van der Waals surface area contributed by atoms with E-state index in [9.17, 15) is 9.90 Å². The summed E-state index contributed by atoms with van der Waals surface area (Å²) in [6.45, 7) is 3.39. The largest absolute Gasteiger partial charge is 0.392 e. The number of carbonyl (C=O) groups is 1. The van der Waals surface area contributed by atoms with Gasteiger partial charge >= 0.3 is 0 Å². The van der Waals surface area contributed by atoms with Crippen molar-refractivity contribution in [1.82, 2.24) is 9.88 Å². The molecule has 0 bridgehead atoms. The maximum atomic E-state index is 12.6. The molecule has 1 aliphatic carbocycles. The minimum Gasteiger partial charge on any atom is -0.392 e. The summed E-state index contributed by atoms with van der Waals surface area (Å²) in [6.07, 6.45) is 4.71. The lowest BCUT2D eigenvalue weighted by molar-refractivity contribution is -0.199. The lowest BCUT2D eigenvalue weighted by Crippen LogP contribution is -2.62. The van der Waals surface area contributed by atoms with E-state index < -0.39 is 0 Å². The van der Waals surface area contributed by atoms with Crippen molar-refractivity contribution in [3.05, 3.63) is 29.6 Å². The number of pyridine rings is 1. The number of hydrogen-bond donors (Lipinski definition) is 1. The van der Waals surface area contributed by atoms with Crippen molar-refractivity contribution >= 4 is 5.91 Å². The number of aryl methyl sites for hydroxylation is 1. The first-order valence-electron chi connectivity index (χ1n) is 8.06. The van der Waals surface area contributed by atoms with Gasteiger partial charge in [0.1, 0.15) is 0 Å². The molecule has 1 aromatic rings. The summed E-state index contributed by atoms with van der Waals surface area (Å²) in [6, 6.07) is 3.66. The molecular formula is C17H24N2O3. The first kappa shape index (κ1) is 15.4. The lowest BCUT2D eigenvalue weighted by atomic mass is 9.58. The highest BCUT2D eigenvalue weighted by molar-refractivity contribution is 5.94. The van der Waals surface area contributed by atoms with E-state index in [1.54, 1.807) is 19.4 Å². The highest BCUT2D eigenvalue weighted by Crippen LogP contribution is 2.50. The zero-order valence-electron chi connectivity index (χ0n) is 13.3. The van der Waals surface area contributed by atoms with Crippen LogP contribution in [0, 0.1) is 5.41 Å². The van der Waals surface area contributed by atoms with Crippen LogP contribution in [0.1, 0.15) is 42.2 Å². The summed E-state index contributed by atoms with van der Waals surface area (Å²) in [5, 5.41) is 10.1. The third-order valence-corrected chi connectivity index (χ3v) is 5.43. The average molecular weight is 304 g/mol. The Morgan fingerprint density at radius 1 is 1.50 bits per heavy atom. The molecule has 2 aliphatic rings. The SMILES string of the molecule is CCc1cc(C(=O)N2CCC3(CC2)[C@@H](O)C[C@H]3OC)ccn1. The van der Waals surface area contributed by atoms with Gasteiger partial charge in [-0.1, -0.05) is 6.92 Å². The zero-order valence-corrected chi connectivity index (χ0v) is 13.3. The van der Waals surface area contributed by atoms with Crippen LogP contribution in [-0.2, 0) is 11.2 Å². The van der Waals surface area contributed by atoms with E-state index in [-0.39, 0.29) is 23.5 Å². The fourth-order valence-corrected chi connectivity index (χ4v) is 3.83. The second-order valence-corrected chi connectivity index (χ2v) is 6.39. The number of rotatable bonds is 3. The molecule has 5 heteroatoms. The molecule has 2 fully saturated rings. The van der Waals surface area contributed by atoms with E-state index in [0.717, 1.165) is 25.0 Å². The van der Waals surface area contributed by atoms with E-state index in [4.69, 9.17) is 4.74 Å². The Bertz CT molecular complexity index is 553. The minimum absolute atomic E-state index is 0.0646. The fraction of sp³-hybridized carbons (Fsp3) is 0.647. The molecule has 3 rings (SSSR count). The number of aromatic nitrogens is 1. The lowest BCUT2D eigenvalue weighted by Gasteiger charge is -2.56. The Morgan fingerprint density at radius 3 is 2.82 bits per heavy atom. The number of ether oxygens (including phenoxy) is 1. The number of methoxy groups -OCH3 is 1. The topological polar surface area (TPSA) is 62.7 Å². The molecule has 22 heavy (non-hydrogen) atoms. The van der Waals surface area contributed by atoms with Gasteiger partial charge in [-0.15, -0.1) is 0 Å². The fourth-order valence-electron chi connectivity index (χ4n) is 3.83. The quantitative estimate of drug-likeness (QED) is 0.922. The van der Waals surface area contributed by atoms with Crippen LogP contribution in [0.25, 0.3) is 0 Å². The monoisotopic (exact) mass is 304 g/mol. The van der Waals surface area contributed by atoms with Crippen molar-refractivity contribution in [3.63, 3.8) is 0 Å². The second-order valence-electron chi connectivity index (χ2n) is 6.39. The Balaban J connectivity index is 1.67. The normalized spacial score (nSPS) is 26.8. The maximum Gasteiger partial charge on any atom is 0.253 e. The third-order valence-electron chi connectivity index (χ3n) is 5.43. The molecule has 5 nitrogen and oxygen atoms in total. The van der Waals surface area contributed by atoms with Crippen molar-refractivity contribution in [2.75, 3.05) is 20.2 Å². The molecule has 120 valence electrons. The van der Waals surface area contributed by atoms with Gasteiger partial charge in [0.25, 0.3) is 5.91 Å². The van der Waals surface area contributed by atoms with Gasteiger partial charge in [-0.3, -0.25) is 9.78 Å². The van der Waals surface area contributed by atoms with Gasteiger partial charge < -0.3 is 14.7 Å². The van der Waals surface area contributed by atoms with E-state index in [1.807, 2.05) is 17.9 Å². The van der Waals surface area contributed by atoms with Crippen molar-refractivity contribution in [1.29, 1.82) is 0 Å². The average Bonchev–Trinajstić information content (AvgIpc) is 2.59. The number of carbonyl (C=O) groups excluding carboxylic acids is 1. The molecule has 0 unspecified atom stereocenters. The molecule has 1 N–H and O–H groups in total. The molecule has 1 aromatic heterocycles. The molecule has 2 atom stereocenters. The van der Waals surface area contributed by atoms with Crippen LogP contribution >= 0.6 is 0 Å². The van der Waals surface area contributed by atoms with Crippen molar-refractivity contribution in [2.45, 2.75) is 44.8 Å². The molecule has 1 aliphatic heterocycles. The summed E-state index contributed by atoms with van der Waals surface area (Å²) < 4.78 is 5.49. The van der Waals surface area contributed by atoms with Crippen molar-refractivity contribution in [2.24, 2.45) is 5.41 Å². The van der Waals surface area contributed by atoms with E-state index in [0.29, 0.717) is 25.1 Å². The number of nitrogens with zero attached hydrogens (tertiary/aromatic N) is 2. The summed E-state index contributed by atoms with van der Waals surface area (Å²) >= 11 is 0. The Kier molecular flexibility index (Phi) is 4.19. The smallest absolute Gasteiger partial charge is 0.253 e. The minimum atomic E-state index is -0.290. The Labute approximate surface area is 131 Å². The summed E-state index contributed by atoms with van der Waals surface area (Å²) in [7, 11) is 1.71. The van der Waals surface area contributed by atoms with E-state index in [1.165, 1.54) is 0 Å². The van der Waals surface area contributed by atoms with Crippen LogP contribution in [0.5, 0.6) is 0 Å². The molecule has 1 amide bonds. The van der Waals surface area contributed by atoms with Crippen LogP contribution < -0.4 is 0 Å². The third kappa shape index (κ3) is 2.42. The van der Waals surface area contributed by atoms with Crippen LogP contribution in [0.3, 0.4) is 0 Å². The van der Waals surface area contributed by atoms with Gasteiger partial charge in [0.05, 0.1) is 12.2 Å². The summed E-state index contributed by atoms with van der Waals surface area (Å²) in [5.74, 6) is 0.0646. The molecular weight excluding hydrogens is 280 g/mol. The summed E-state index contributed by atoms with van der Waals surface area (Å²) in [5.41, 5.74) is 1.51. The van der Waals surface area contributed by atoms with Gasteiger partial charge in [0.15, 0.2) is 0 Å². The number of hydrogen-bond acceptors (Lipinski definition) is 4. The van der Waals surface area contributed by atoms with Gasteiger partial charge in [-0.25, -0.2) is 0 Å². The molecule has 1 spiro atoms. The van der Waals surface area contributed by atoms with Crippen molar-refractivity contribution in [3.8, 4) is 0 Å². The predicted molar refractivity (Wildman–Crippen MR) is 82.6 cm³/mol. The van der Waals surface area contributed by atoms with Crippen LogP contribution in [-0.4, -0.2) is 53.3 Å². The Morgan fingerprint density at radius 2 is 2.23 bits per heavy atom. The van der Waals surface area contributed by atoms with Gasteiger partial charge in [0.2, 0.25) is 0 Å². The van der Waals surface area contributed by atoms with Gasteiger partial charge in [-0.05, 0) is 31.4 Å². The number of amides is 1. The van der Waals surface area contributed by atoms with E-state index in [2.05, 4.69) is 4.98 Å². The second kappa shape index (κ2) is 5.97. The number of piperidine rings is 1. The first-order chi connectivity index (χ1) is 10.6. The van der Waals surface area contributed by atoms with E-state index >= 15 is 0 Å². The molecule has 2 heterocycles. The first-order valence-corrected chi connectivity index (χ1v) is 8.06. The van der Waals surface area contributed by atoms with Crippen LogP contribution in [0.4, 0.5) is 0 Å². The molecule has 1 saturated heterocycles. The van der Waals surface area contributed by atoms with Crippen LogP contribution in [0.15, 0.2) is 18.3 Å². The Hall–Kier alpha value is -1.46. The summed E-state index contributed by atoms with van der Waals surface area (Å²) in [4.78, 5) is 18.8. The van der Waals surface area contributed by atoms with Crippen molar-refractivity contribution < 1.29 is 14.6 Å². The number of aliphatic hydroxyl groups is 1. The molecule has 1 saturated carbocycles. The molecule has 0 radical (unpaired) electrons. The standard InChI is InChI=1S/C17H24N2O3/c1-3-13-10-12(4-7-18-13)16(21)19-8-5-17(6-9-19)14(20)11-15(17)22-2/h4,7,10,14-15,20H,3,5-6,8-9,11H2,1-2H3/t14-,15+/m0/s1. The molecule has 0 aromatic carbocycles. The zero-order chi connectivity index (χ0) is 15.7. The maximum absolute atomic E-state index is 12.6. The highest BCUT2D eigenvalue weighted by atomic mass is 16.5. The van der Waals surface area contributed by atoms with Crippen LogP contribution in [0.2, 0.25) is 0 Å².